The SMILES string of the molecule is Cc1ccc2c(c1)C(C)(C)C[C@@H]1OC(c3[c-]c(Oc4[c-]c5c(cc4)c4cc(C)ccc4n5-c4cc(C(C)(C)C)ccn4)c(C)cc3C)=N[C@]21C.[Pt+2]. The Kier molecular flexibility index (Phi) is 8.42. The van der Waals surface area contributed by atoms with Crippen molar-refractivity contribution in [2.24, 2.45) is 4.99 Å². The molecule has 0 amide bonds. The number of rotatable bonds is 4. The van der Waals surface area contributed by atoms with E-state index in [1.807, 2.05) is 12.3 Å². The van der Waals surface area contributed by atoms with Gasteiger partial charge in [0, 0.05) is 23.2 Å². The maximum atomic E-state index is 6.75. The third-order valence-corrected chi connectivity index (χ3v) is 10.9. The molecule has 0 saturated heterocycles. The maximum Gasteiger partial charge on any atom is 2.00 e. The van der Waals surface area contributed by atoms with Gasteiger partial charge < -0.3 is 14.0 Å². The van der Waals surface area contributed by atoms with Crippen LogP contribution in [0.3, 0.4) is 0 Å². The fourth-order valence-corrected chi connectivity index (χ4v) is 7.93. The number of benzene rings is 4. The molecule has 6 heteroatoms. The summed E-state index contributed by atoms with van der Waals surface area (Å²) in [5, 5.41) is 2.27. The molecule has 6 aromatic rings. The van der Waals surface area contributed by atoms with Crippen LogP contribution >= 0.6 is 0 Å². The Bertz CT molecular complexity index is 2400. The standard InChI is InChI=1S/C45H45N3O2.Pt/c1-26-12-16-37-34(19-26)32-14-13-31(23-38(32)48(37)41-22-30(17-18-46-41)43(5,6)7)49-39-24-33(28(3)21-29(39)4)42-47-45(10)35-15-11-27(2)20-36(35)44(8,9)25-40(45)50-42;/h11-22,40H,25H2,1-10H3;/q-2;+2/t40-,45+;/m0./s1. The number of aryl methyl sites for hydroxylation is 4. The van der Waals surface area contributed by atoms with Crippen molar-refractivity contribution < 1.29 is 30.5 Å². The van der Waals surface area contributed by atoms with Gasteiger partial charge >= 0.3 is 21.1 Å². The molecule has 5 nitrogen and oxygen atoms in total. The summed E-state index contributed by atoms with van der Waals surface area (Å²) in [5.74, 6) is 2.74. The Morgan fingerprint density at radius 3 is 2.33 bits per heavy atom. The van der Waals surface area contributed by atoms with Crippen molar-refractivity contribution in [3.05, 3.63) is 130 Å². The number of ether oxygens (including phenoxy) is 2. The number of aromatic nitrogens is 2. The van der Waals surface area contributed by atoms with Crippen molar-refractivity contribution in [2.75, 3.05) is 0 Å². The Labute approximate surface area is 316 Å². The number of pyridine rings is 1. The number of aliphatic imine (C=N–C) groups is 1. The van der Waals surface area contributed by atoms with Gasteiger partial charge in [-0.15, -0.1) is 29.1 Å². The van der Waals surface area contributed by atoms with Crippen LogP contribution in [0.4, 0.5) is 0 Å². The Morgan fingerprint density at radius 1 is 0.824 bits per heavy atom. The summed E-state index contributed by atoms with van der Waals surface area (Å²) in [6.45, 7) is 22.0. The molecule has 1 aliphatic heterocycles. The molecule has 1 aliphatic carbocycles. The maximum absolute atomic E-state index is 6.75. The number of nitrogens with zero attached hydrogens (tertiary/aromatic N) is 3. The van der Waals surface area contributed by atoms with E-state index in [1.54, 1.807) is 0 Å². The van der Waals surface area contributed by atoms with Crippen molar-refractivity contribution in [3.8, 4) is 17.3 Å². The molecule has 4 aromatic carbocycles. The molecule has 2 aliphatic rings. The molecule has 262 valence electrons. The zero-order valence-electron chi connectivity index (χ0n) is 31.2. The van der Waals surface area contributed by atoms with Crippen LogP contribution in [0.1, 0.15) is 92.5 Å². The first-order chi connectivity index (χ1) is 23.6. The van der Waals surface area contributed by atoms with Gasteiger partial charge in [0.25, 0.3) is 0 Å². The van der Waals surface area contributed by atoms with Crippen LogP contribution in [0.2, 0.25) is 0 Å². The van der Waals surface area contributed by atoms with Gasteiger partial charge in [-0.05, 0) is 78.3 Å². The van der Waals surface area contributed by atoms with Crippen LogP contribution in [0.5, 0.6) is 11.5 Å². The molecule has 3 heterocycles. The smallest absolute Gasteiger partial charge is 0.514 e. The quantitative estimate of drug-likeness (QED) is 0.166. The number of hydrogen-bond acceptors (Lipinski definition) is 4. The minimum atomic E-state index is -0.469. The minimum Gasteiger partial charge on any atom is -0.514 e. The van der Waals surface area contributed by atoms with E-state index in [1.165, 1.54) is 27.8 Å². The first-order valence-corrected chi connectivity index (χ1v) is 17.7. The Balaban J connectivity index is 0.00000406. The van der Waals surface area contributed by atoms with Gasteiger partial charge in [-0.2, -0.15) is 6.07 Å². The second-order valence-corrected chi connectivity index (χ2v) is 16.3. The van der Waals surface area contributed by atoms with Crippen LogP contribution in [-0.4, -0.2) is 21.6 Å². The first-order valence-electron chi connectivity index (χ1n) is 17.7. The molecule has 51 heavy (non-hydrogen) atoms. The molecule has 0 bridgehead atoms. The average molecular weight is 855 g/mol. The predicted molar refractivity (Wildman–Crippen MR) is 203 cm³/mol. The van der Waals surface area contributed by atoms with E-state index in [0.29, 0.717) is 17.4 Å². The van der Waals surface area contributed by atoms with Gasteiger partial charge in [0.2, 0.25) is 0 Å². The van der Waals surface area contributed by atoms with Crippen LogP contribution < -0.4 is 4.74 Å². The van der Waals surface area contributed by atoms with Crippen molar-refractivity contribution in [3.63, 3.8) is 0 Å². The van der Waals surface area contributed by atoms with E-state index in [4.69, 9.17) is 19.5 Å². The van der Waals surface area contributed by atoms with Gasteiger partial charge in [0.15, 0.2) is 0 Å². The predicted octanol–water partition coefficient (Wildman–Crippen LogP) is 10.8. The summed E-state index contributed by atoms with van der Waals surface area (Å²) in [4.78, 5) is 10.2. The van der Waals surface area contributed by atoms with Gasteiger partial charge in [-0.1, -0.05) is 113 Å². The average Bonchev–Trinajstić information content (AvgIpc) is 3.55. The third-order valence-electron chi connectivity index (χ3n) is 10.9. The van der Waals surface area contributed by atoms with Crippen LogP contribution in [0.15, 0.2) is 77.9 Å². The summed E-state index contributed by atoms with van der Waals surface area (Å²) in [6, 6.07) is 31.1. The summed E-state index contributed by atoms with van der Waals surface area (Å²) in [7, 11) is 0. The number of hydrogen-bond donors (Lipinski definition) is 0. The van der Waals surface area contributed by atoms with Crippen LogP contribution in [0, 0.1) is 39.8 Å². The zero-order valence-corrected chi connectivity index (χ0v) is 33.5. The van der Waals surface area contributed by atoms with Gasteiger partial charge in [-0.3, -0.25) is 4.99 Å². The second kappa shape index (κ2) is 12.2. The fourth-order valence-electron chi connectivity index (χ4n) is 7.93. The first kappa shape index (κ1) is 35.2. The van der Waals surface area contributed by atoms with E-state index >= 15 is 0 Å². The molecule has 8 rings (SSSR count). The van der Waals surface area contributed by atoms with E-state index in [2.05, 4.69) is 147 Å². The minimum absolute atomic E-state index is 0. The van der Waals surface area contributed by atoms with E-state index in [-0.39, 0.29) is 38.0 Å². The molecular weight excluding hydrogens is 810 g/mol. The molecule has 2 aromatic heterocycles. The molecule has 0 N–H and O–H groups in total. The molecular formula is C45H45N3O2Pt. The molecule has 0 saturated carbocycles. The molecule has 0 unspecified atom stereocenters. The Morgan fingerprint density at radius 2 is 1.57 bits per heavy atom. The largest absolute Gasteiger partial charge is 2.00 e. The van der Waals surface area contributed by atoms with Crippen molar-refractivity contribution >= 4 is 27.7 Å². The van der Waals surface area contributed by atoms with Gasteiger partial charge in [0.1, 0.15) is 23.4 Å². The van der Waals surface area contributed by atoms with Crippen LogP contribution in [-0.2, 0) is 42.2 Å². The summed E-state index contributed by atoms with van der Waals surface area (Å²) >= 11 is 0. The molecule has 0 fully saturated rings. The summed E-state index contributed by atoms with van der Waals surface area (Å²) in [6.07, 6.45) is 2.73. The normalized spacial score (nSPS) is 19.3. The third kappa shape index (κ3) is 5.82. The zero-order chi connectivity index (χ0) is 35.3. The molecule has 2 atom stereocenters. The second-order valence-electron chi connectivity index (χ2n) is 16.3. The van der Waals surface area contributed by atoms with E-state index in [9.17, 15) is 0 Å². The number of fused-ring (bicyclic) bond motifs is 6. The topological polar surface area (TPSA) is 48.6 Å². The summed E-state index contributed by atoms with van der Waals surface area (Å²) < 4.78 is 15.6. The van der Waals surface area contributed by atoms with Crippen molar-refractivity contribution in [1.29, 1.82) is 0 Å². The molecule has 0 radical (unpaired) electrons. The fraction of sp³-hybridized carbons (Fsp3) is 0.333. The summed E-state index contributed by atoms with van der Waals surface area (Å²) in [5.41, 5.74) is 10.7. The van der Waals surface area contributed by atoms with Crippen molar-refractivity contribution in [1.82, 2.24) is 9.55 Å². The van der Waals surface area contributed by atoms with E-state index in [0.717, 1.165) is 50.7 Å². The van der Waals surface area contributed by atoms with Crippen LogP contribution in [0.25, 0.3) is 27.6 Å². The van der Waals surface area contributed by atoms with Gasteiger partial charge in [0.05, 0.1) is 0 Å². The van der Waals surface area contributed by atoms with Crippen molar-refractivity contribution in [2.45, 2.75) is 98.1 Å². The van der Waals surface area contributed by atoms with E-state index < -0.39 is 5.54 Å². The van der Waals surface area contributed by atoms with Gasteiger partial charge in [-0.25, -0.2) is 4.98 Å². The Hall–Kier alpha value is -4.21. The monoisotopic (exact) mass is 854 g/mol. The molecule has 0 spiro atoms.